The van der Waals surface area contributed by atoms with Crippen molar-refractivity contribution < 1.29 is 9.59 Å². The van der Waals surface area contributed by atoms with E-state index in [2.05, 4.69) is 5.32 Å². The SMILES string of the molecule is CCN(CC)C(=O)c1cccc(NC(=O)C=C(C)C)c1. The van der Waals surface area contributed by atoms with Crippen molar-refractivity contribution in [2.24, 2.45) is 0 Å². The van der Waals surface area contributed by atoms with Gasteiger partial charge in [0.05, 0.1) is 0 Å². The summed E-state index contributed by atoms with van der Waals surface area (Å²) in [6.07, 6.45) is 1.53. The standard InChI is InChI=1S/C16H22N2O2/c1-5-18(6-2)16(20)13-8-7-9-14(11-13)17-15(19)10-12(3)4/h7-11H,5-6H2,1-4H3,(H,17,19). The first-order valence-corrected chi connectivity index (χ1v) is 6.83. The number of nitrogens with zero attached hydrogens (tertiary/aromatic N) is 1. The van der Waals surface area contributed by atoms with E-state index in [1.54, 1.807) is 29.2 Å². The maximum absolute atomic E-state index is 12.2. The molecule has 0 aliphatic carbocycles. The van der Waals surface area contributed by atoms with Crippen LogP contribution < -0.4 is 5.32 Å². The van der Waals surface area contributed by atoms with Crippen LogP contribution >= 0.6 is 0 Å². The molecule has 0 bridgehead atoms. The molecule has 0 saturated carbocycles. The van der Waals surface area contributed by atoms with Crippen molar-refractivity contribution >= 4 is 17.5 Å². The molecular formula is C16H22N2O2. The molecule has 1 aromatic carbocycles. The van der Waals surface area contributed by atoms with Crippen LogP contribution in [0.3, 0.4) is 0 Å². The third kappa shape index (κ3) is 4.53. The van der Waals surface area contributed by atoms with E-state index >= 15 is 0 Å². The van der Waals surface area contributed by atoms with Crippen LogP contribution in [0.15, 0.2) is 35.9 Å². The van der Waals surface area contributed by atoms with Crippen LogP contribution in [-0.2, 0) is 4.79 Å². The number of carbonyl (C=O) groups excluding carboxylic acids is 2. The third-order valence-electron chi connectivity index (χ3n) is 2.85. The fourth-order valence-corrected chi connectivity index (χ4v) is 1.86. The van der Waals surface area contributed by atoms with Gasteiger partial charge in [0.2, 0.25) is 5.91 Å². The number of hydrogen-bond acceptors (Lipinski definition) is 2. The van der Waals surface area contributed by atoms with Crippen LogP contribution in [0.4, 0.5) is 5.69 Å². The Hall–Kier alpha value is -2.10. The Morgan fingerprint density at radius 3 is 2.40 bits per heavy atom. The molecule has 0 heterocycles. The van der Waals surface area contributed by atoms with Gasteiger partial charge in [-0.3, -0.25) is 9.59 Å². The second kappa shape index (κ2) is 7.48. The van der Waals surface area contributed by atoms with E-state index in [9.17, 15) is 9.59 Å². The molecule has 1 rings (SSSR count). The zero-order chi connectivity index (χ0) is 15.1. The highest BCUT2D eigenvalue weighted by atomic mass is 16.2. The first-order chi connectivity index (χ1) is 9.47. The summed E-state index contributed by atoms with van der Waals surface area (Å²) in [5.41, 5.74) is 2.15. The van der Waals surface area contributed by atoms with Gasteiger partial charge in [-0.2, -0.15) is 0 Å². The molecule has 0 aromatic heterocycles. The predicted molar refractivity (Wildman–Crippen MR) is 81.8 cm³/mol. The quantitative estimate of drug-likeness (QED) is 0.839. The molecule has 0 aliphatic rings. The highest BCUT2D eigenvalue weighted by Crippen LogP contribution is 2.13. The van der Waals surface area contributed by atoms with Gasteiger partial charge in [-0.1, -0.05) is 11.6 Å². The molecular weight excluding hydrogens is 252 g/mol. The molecule has 0 aliphatic heterocycles. The fraction of sp³-hybridized carbons (Fsp3) is 0.375. The summed E-state index contributed by atoms with van der Waals surface area (Å²) in [4.78, 5) is 25.6. The van der Waals surface area contributed by atoms with Crippen LogP contribution in [0.1, 0.15) is 38.1 Å². The molecule has 4 heteroatoms. The lowest BCUT2D eigenvalue weighted by molar-refractivity contribution is -0.111. The molecule has 2 amide bonds. The molecule has 0 radical (unpaired) electrons. The fourth-order valence-electron chi connectivity index (χ4n) is 1.86. The summed E-state index contributed by atoms with van der Waals surface area (Å²) in [6.45, 7) is 8.96. The topological polar surface area (TPSA) is 49.4 Å². The first-order valence-electron chi connectivity index (χ1n) is 6.83. The average molecular weight is 274 g/mol. The summed E-state index contributed by atoms with van der Waals surface area (Å²) in [7, 11) is 0. The van der Waals surface area contributed by atoms with Gasteiger partial charge in [-0.05, 0) is 45.9 Å². The van der Waals surface area contributed by atoms with Crippen molar-refractivity contribution in [1.82, 2.24) is 4.90 Å². The van der Waals surface area contributed by atoms with Gasteiger partial charge in [0.1, 0.15) is 0 Å². The Kier molecular flexibility index (Phi) is 5.97. The van der Waals surface area contributed by atoms with Gasteiger partial charge >= 0.3 is 0 Å². The zero-order valence-electron chi connectivity index (χ0n) is 12.6. The summed E-state index contributed by atoms with van der Waals surface area (Å²) in [6, 6.07) is 7.01. The summed E-state index contributed by atoms with van der Waals surface area (Å²) in [5, 5.41) is 2.76. The minimum Gasteiger partial charge on any atom is -0.339 e. The van der Waals surface area contributed by atoms with Crippen LogP contribution in [0.2, 0.25) is 0 Å². The molecule has 0 fully saturated rings. The van der Waals surface area contributed by atoms with Gasteiger partial charge < -0.3 is 10.2 Å². The van der Waals surface area contributed by atoms with E-state index in [1.807, 2.05) is 27.7 Å². The number of allylic oxidation sites excluding steroid dienone is 1. The van der Waals surface area contributed by atoms with E-state index in [0.29, 0.717) is 24.3 Å². The minimum atomic E-state index is -0.183. The smallest absolute Gasteiger partial charge is 0.253 e. The molecule has 0 atom stereocenters. The van der Waals surface area contributed by atoms with Crippen molar-refractivity contribution in [1.29, 1.82) is 0 Å². The highest BCUT2D eigenvalue weighted by Gasteiger charge is 2.12. The minimum absolute atomic E-state index is 0.0201. The number of anilines is 1. The van der Waals surface area contributed by atoms with Gasteiger partial charge in [-0.15, -0.1) is 0 Å². The first kappa shape index (κ1) is 16.0. The lowest BCUT2D eigenvalue weighted by Gasteiger charge is -2.18. The third-order valence-corrected chi connectivity index (χ3v) is 2.85. The Morgan fingerprint density at radius 2 is 1.85 bits per heavy atom. The maximum atomic E-state index is 12.2. The Balaban J connectivity index is 2.88. The largest absolute Gasteiger partial charge is 0.339 e. The van der Waals surface area contributed by atoms with Crippen molar-refractivity contribution in [3.05, 3.63) is 41.5 Å². The second-order valence-corrected chi connectivity index (χ2v) is 4.77. The van der Waals surface area contributed by atoms with Crippen LogP contribution in [0, 0.1) is 0 Å². The van der Waals surface area contributed by atoms with E-state index in [4.69, 9.17) is 0 Å². The molecule has 0 spiro atoms. The van der Waals surface area contributed by atoms with Crippen molar-refractivity contribution in [2.75, 3.05) is 18.4 Å². The average Bonchev–Trinajstić information content (AvgIpc) is 2.39. The lowest BCUT2D eigenvalue weighted by atomic mass is 10.1. The van der Waals surface area contributed by atoms with E-state index in [0.717, 1.165) is 5.57 Å². The van der Waals surface area contributed by atoms with Crippen molar-refractivity contribution in [3.8, 4) is 0 Å². The summed E-state index contributed by atoms with van der Waals surface area (Å²) >= 11 is 0. The Labute approximate surface area is 120 Å². The van der Waals surface area contributed by atoms with Crippen LogP contribution in [0.25, 0.3) is 0 Å². The second-order valence-electron chi connectivity index (χ2n) is 4.77. The molecule has 4 nitrogen and oxygen atoms in total. The van der Waals surface area contributed by atoms with Gasteiger partial charge in [-0.25, -0.2) is 0 Å². The van der Waals surface area contributed by atoms with Crippen LogP contribution in [0.5, 0.6) is 0 Å². The molecule has 108 valence electrons. The van der Waals surface area contributed by atoms with E-state index in [-0.39, 0.29) is 11.8 Å². The van der Waals surface area contributed by atoms with Gasteiger partial charge in [0.15, 0.2) is 0 Å². The normalized spacial score (nSPS) is 9.80. The Morgan fingerprint density at radius 1 is 1.20 bits per heavy atom. The molecule has 20 heavy (non-hydrogen) atoms. The Bertz CT molecular complexity index is 513. The molecule has 0 saturated heterocycles. The monoisotopic (exact) mass is 274 g/mol. The lowest BCUT2D eigenvalue weighted by Crippen LogP contribution is -2.30. The highest BCUT2D eigenvalue weighted by molar-refractivity contribution is 6.01. The van der Waals surface area contributed by atoms with E-state index in [1.165, 1.54) is 6.08 Å². The summed E-state index contributed by atoms with van der Waals surface area (Å²) < 4.78 is 0. The predicted octanol–water partition coefficient (Wildman–Crippen LogP) is 3.07. The number of carbonyl (C=O) groups is 2. The van der Waals surface area contributed by atoms with Crippen molar-refractivity contribution in [3.63, 3.8) is 0 Å². The summed E-state index contributed by atoms with van der Waals surface area (Å²) in [5.74, 6) is -0.203. The molecule has 1 aromatic rings. The molecule has 1 N–H and O–H groups in total. The van der Waals surface area contributed by atoms with Crippen molar-refractivity contribution in [2.45, 2.75) is 27.7 Å². The zero-order valence-corrected chi connectivity index (χ0v) is 12.6. The number of benzene rings is 1. The molecule has 0 unspecified atom stereocenters. The van der Waals surface area contributed by atoms with E-state index < -0.39 is 0 Å². The number of amides is 2. The number of rotatable bonds is 5. The van der Waals surface area contributed by atoms with Crippen LogP contribution in [-0.4, -0.2) is 29.8 Å². The van der Waals surface area contributed by atoms with Gasteiger partial charge in [0, 0.05) is 30.4 Å². The number of nitrogens with one attached hydrogen (secondary N) is 1. The maximum Gasteiger partial charge on any atom is 0.253 e. The number of hydrogen-bond donors (Lipinski definition) is 1. The van der Waals surface area contributed by atoms with Gasteiger partial charge in [0.25, 0.3) is 5.91 Å².